The average molecular weight is 210 g/mol. The minimum absolute atomic E-state index is 0.0865. The highest BCUT2D eigenvalue weighted by molar-refractivity contribution is 5.84. The number of amides is 1. The van der Waals surface area contributed by atoms with Gasteiger partial charge in [-0.15, -0.1) is 0 Å². The van der Waals surface area contributed by atoms with Gasteiger partial charge >= 0.3 is 0 Å². The second kappa shape index (κ2) is 5.89. The Hall–Kier alpha value is -0.860. The highest BCUT2D eigenvalue weighted by Crippen LogP contribution is 2.29. The van der Waals surface area contributed by atoms with Crippen molar-refractivity contribution in [2.45, 2.75) is 39.5 Å². The molecule has 0 radical (unpaired) electrons. The molecule has 0 atom stereocenters. The Bertz CT molecular complexity index is 240. The van der Waals surface area contributed by atoms with Gasteiger partial charge in [-0.05, 0) is 44.4 Å². The van der Waals surface area contributed by atoms with E-state index in [1.54, 1.807) is 6.92 Å². The van der Waals surface area contributed by atoms with Gasteiger partial charge in [0.2, 0.25) is 5.91 Å². The lowest BCUT2D eigenvalue weighted by Gasteiger charge is -2.28. The number of carbonyl (C=O) groups is 1. The molecule has 0 saturated heterocycles. The summed E-state index contributed by atoms with van der Waals surface area (Å²) in [7, 11) is 1.87. The SMILES string of the molecule is CN=C(C)C1CCC(CNC(C)=O)CC1. The number of nitrogens with one attached hydrogen (secondary N) is 1. The normalized spacial score (nSPS) is 27.5. The third-order valence-corrected chi connectivity index (χ3v) is 3.43. The maximum absolute atomic E-state index is 10.8. The molecule has 1 aliphatic carbocycles. The lowest BCUT2D eigenvalue weighted by Crippen LogP contribution is -2.30. The van der Waals surface area contributed by atoms with Crippen LogP contribution in [0.5, 0.6) is 0 Å². The van der Waals surface area contributed by atoms with Crippen LogP contribution in [0.3, 0.4) is 0 Å². The summed E-state index contributed by atoms with van der Waals surface area (Å²) < 4.78 is 0. The number of carbonyl (C=O) groups excluding carboxylic acids is 1. The fourth-order valence-electron chi connectivity index (χ4n) is 2.25. The zero-order chi connectivity index (χ0) is 11.3. The van der Waals surface area contributed by atoms with Crippen LogP contribution >= 0.6 is 0 Å². The predicted molar refractivity (Wildman–Crippen MR) is 63.2 cm³/mol. The van der Waals surface area contributed by atoms with Crippen LogP contribution in [0, 0.1) is 11.8 Å². The standard InChI is InChI=1S/C12H22N2O/c1-9(13-3)12-6-4-11(5-7-12)8-14-10(2)15/h11-12H,4-8H2,1-3H3,(H,14,15). The van der Waals surface area contributed by atoms with E-state index in [0.717, 1.165) is 6.54 Å². The third-order valence-electron chi connectivity index (χ3n) is 3.43. The molecular weight excluding hydrogens is 188 g/mol. The first-order valence-electron chi connectivity index (χ1n) is 5.81. The van der Waals surface area contributed by atoms with Crippen molar-refractivity contribution < 1.29 is 4.79 Å². The van der Waals surface area contributed by atoms with E-state index < -0.39 is 0 Å². The summed E-state index contributed by atoms with van der Waals surface area (Å²) in [5, 5.41) is 2.90. The van der Waals surface area contributed by atoms with Crippen molar-refractivity contribution in [3.8, 4) is 0 Å². The summed E-state index contributed by atoms with van der Waals surface area (Å²) in [6, 6.07) is 0. The fourth-order valence-corrected chi connectivity index (χ4v) is 2.25. The number of hydrogen-bond acceptors (Lipinski definition) is 2. The van der Waals surface area contributed by atoms with Crippen molar-refractivity contribution in [2.24, 2.45) is 16.8 Å². The molecule has 3 nitrogen and oxygen atoms in total. The van der Waals surface area contributed by atoms with Crippen LogP contribution in [-0.2, 0) is 4.79 Å². The number of aliphatic imine (C=N–C) groups is 1. The molecule has 1 N–H and O–H groups in total. The van der Waals surface area contributed by atoms with Gasteiger partial charge in [0.25, 0.3) is 0 Å². The van der Waals surface area contributed by atoms with Gasteiger partial charge in [-0.1, -0.05) is 0 Å². The molecule has 1 rings (SSSR count). The van der Waals surface area contributed by atoms with E-state index in [2.05, 4.69) is 17.2 Å². The van der Waals surface area contributed by atoms with Crippen molar-refractivity contribution >= 4 is 11.6 Å². The topological polar surface area (TPSA) is 41.5 Å². The van der Waals surface area contributed by atoms with Crippen LogP contribution in [0.15, 0.2) is 4.99 Å². The van der Waals surface area contributed by atoms with Gasteiger partial charge in [-0.2, -0.15) is 0 Å². The Morgan fingerprint density at radius 2 is 1.87 bits per heavy atom. The van der Waals surface area contributed by atoms with Crippen LogP contribution in [0.1, 0.15) is 39.5 Å². The molecular formula is C12H22N2O. The van der Waals surface area contributed by atoms with E-state index in [-0.39, 0.29) is 5.91 Å². The van der Waals surface area contributed by atoms with Crippen molar-refractivity contribution in [3.05, 3.63) is 0 Å². The van der Waals surface area contributed by atoms with Gasteiger partial charge in [0.1, 0.15) is 0 Å². The zero-order valence-corrected chi connectivity index (χ0v) is 10.0. The average Bonchev–Trinajstić information content (AvgIpc) is 2.26. The Balaban J connectivity index is 2.27. The van der Waals surface area contributed by atoms with Gasteiger partial charge in [-0.3, -0.25) is 9.79 Å². The van der Waals surface area contributed by atoms with Gasteiger partial charge in [-0.25, -0.2) is 0 Å². The molecule has 15 heavy (non-hydrogen) atoms. The second-order valence-electron chi connectivity index (χ2n) is 4.52. The summed E-state index contributed by atoms with van der Waals surface area (Å²) in [6.07, 6.45) is 4.90. The molecule has 0 aromatic carbocycles. The molecule has 0 spiro atoms. The first-order chi connectivity index (χ1) is 7.13. The fraction of sp³-hybridized carbons (Fsp3) is 0.833. The van der Waals surface area contributed by atoms with E-state index >= 15 is 0 Å². The lowest BCUT2D eigenvalue weighted by atomic mass is 9.80. The monoisotopic (exact) mass is 210 g/mol. The molecule has 0 aliphatic heterocycles. The third kappa shape index (κ3) is 4.02. The van der Waals surface area contributed by atoms with Crippen molar-refractivity contribution in [2.75, 3.05) is 13.6 Å². The maximum Gasteiger partial charge on any atom is 0.216 e. The zero-order valence-electron chi connectivity index (χ0n) is 10.0. The van der Waals surface area contributed by atoms with E-state index in [4.69, 9.17) is 0 Å². The first-order valence-corrected chi connectivity index (χ1v) is 5.81. The minimum Gasteiger partial charge on any atom is -0.356 e. The number of hydrogen-bond donors (Lipinski definition) is 1. The molecule has 1 fully saturated rings. The lowest BCUT2D eigenvalue weighted by molar-refractivity contribution is -0.119. The van der Waals surface area contributed by atoms with E-state index in [1.807, 2.05) is 7.05 Å². The maximum atomic E-state index is 10.8. The Morgan fingerprint density at radius 1 is 1.27 bits per heavy atom. The Kier molecular flexibility index (Phi) is 4.79. The van der Waals surface area contributed by atoms with Gasteiger partial charge in [0.15, 0.2) is 0 Å². The van der Waals surface area contributed by atoms with E-state index in [1.165, 1.54) is 31.4 Å². The summed E-state index contributed by atoms with van der Waals surface area (Å²) in [6.45, 7) is 4.56. The van der Waals surface area contributed by atoms with Gasteiger partial charge < -0.3 is 5.32 Å². The molecule has 86 valence electrons. The Labute approximate surface area is 92.4 Å². The van der Waals surface area contributed by atoms with Crippen LogP contribution < -0.4 is 5.32 Å². The van der Waals surface area contributed by atoms with E-state index in [0.29, 0.717) is 11.8 Å². The second-order valence-corrected chi connectivity index (χ2v) is 4.52. The molecule has 0 unspecified atom stereocenters. The molecule has 3 heteroatoms. The first kappa shape index (κ1) is 12.2. The predicted octanol–water partition coefficient (Wildman–Crippen LogP) is 2.02. The number of nitrogens with zero attached hydrogens (tertiary/aromatic N) is 1. The molecule has 1 aliphatic rings. The highest BCUT2D eigenvalue weighted by atomic mass is 16.1. The van der Waals surface area contributed by atoms with E-state index in [9.17, 15) is 4.79 Å². The minimum atomic E-state index is 0.0865. The van der Waals surface area contributed by atoms with Crippen molar-refractivity contribution in [3.63, 3.8) is 0 Å². The van der Waals surface area contributed by atoms with Crippen molar-refractivity contribution in [1.82, 2.24) is 5.32 Å². The van der Waals surface area contributed by atoms with Crippen LogP contribution in [0.2, 0.25) is 0 Å². The summed E-state index contributed by atoms with van der Waals surface area (Å²) in [4.78, 5) is 15.0. The summed E-state index contributed by atoms with van der Waals surface area (Å²) >= 11 is 0. The largest absolute Gasteiger partial charge is 0.356 e. The molecule has 1 saturated carbocycles. The molecule has 0 aromatic heterocycles. The highest BCUT2D eigenvalue weighted by Gasteiger charge is 2.22. The van der Waals surface area contributed by atoms with Crippen LogP contribution in [0.4, 0.5) is 0 Å². The van der Waals surface area contributed by atoms with Gasteiger partial charge in [0.05, 0.1) is 0 Å². The molecule has 1 amide bonds. The summed E-state index contributed by atoms with van der Waals surface area (Å²) in [5.74, 6) is 1.45. The van der Waals surface area contributed by atoms with Crippen LogP contribution in [-0.4, -0.2) is 25.2 Å². The molecule has 0 bridgehead atoms. The smallest absolute Gasteiger partial charge is 0.216 e. The van der Waals surface area contributed by atoms with Crippen molar-refractivity contribution in [1.29, 1.82) is 0 Å². The molecule has 0 aromatic rings. The quantitative estimate of drug-likeness (QED) is 0.711. The van der Waals surface area contributed by atoms with Gasteiger partial charge in [0, 0.05) is 26.2 Å². The molecule has 0 heterocycles. The van der Waals surface area contributed by atoms with Crippen LogP contribution in [0.25, 0.3) is 0 Å². The number of rotatable bonds is 3. The Morgan fingerprint density at radius 3 is 2.33 bits per heavy atom. The summed E-state index contributed by atoms with van der Waals surface area (Å²) in [5.41, 5.74) is 1.29.